The molecule has 0 spiro atoms. The van der Waals surface area contributed by atoms with Crippen LogP contribution in [0.2, 0.25) is 0 Å². The van der Waals surface area contributed by atoms with Crippen molar-refractivity contribution in [1.29, 1.82) is 0 Å². The highest BCUT2D eigenvalue weighted by atomic mass is 19.1. The third-order valence-electron chi connectivity index (χ3n) is 2.02. The molecule has 0 aliphatic rings. The Labute approximate surface area is 96.8 Å². The van der Waals surface area contributed by atoms with Crippen molar-refractivity contribution in [1.82, 2.24) is 0 Å². The lowest BCUT2D eigenvalue weighted by atomic mass is 10.1. The number of nitro groups is 1. The molecule has 0 bridgehead atoms. The highest BCUT2D eigenvalue weighted by Crippen LogP contribution is 2.30. The van der Waals surface area contributed by atoms with Crippen molar-refractivity contribution in [3.8, 4) is 12.3 Å². The van der Waals surface area contributed by atoms with Crippen LogP contribution >= 0.6 is 0 Å². The SMILES string of the molecule is C#CC(C)(C)Nc1cc(F)cc(F)c1[N+](=O)[O-]. The molecule has 1 rings (SSSR count). The van der Waals surface area contributed by atoms with Crippen LogP contribution in [0.3, 0.4) is 0 Å². The van der Waals surface area contributed by atoms with Crippen LogP contribution in [-0.2, 0) is 0 Å². The van der Waals surface area contributed by atoms with E-state index < -0.39 is 27.8 Å². The number of hydrogen-bond donors (Lipinski definition) is 1. The second kappa shape index (κ2) is 4.37. The third-order valence-corrected chi connectivity index (χ3v) is 2.02. The van der Waals surface area contributed by atoms with Crippen LogP contribution in [-0.4, -0.2) is 10.5 Å². The van der Waals surface area contributed by atoms with Gasteiger partial charge in [0.15, 0.2) is 0 Å². The Morgan fingerprint density at radius 2 is 2.06 bits per heavy atom. The van der Waals surface area contributed by atoms with Crippen LogP contribution < -0.4 is 5.32 Å². The Hall–Kier alpha value is -2.16. The zero-order valence-corrected chi connectivity index (χ0v) is 9.25. The first-order valence-corrected chi connectivity index (χ1v) is 4.66. The van der Waals surface area contributed by atoms with E-state index in [1.807, 2.05) is 0 Å². The van der Waals surface area contributed by atoms with Gasteiger partial charge in [-0.2, -0.15) is 4.39 Å². The van der Waals surface area contributed by atoms with E-state index in [0.717, 1.165) is 6.07 Å². The molecule has 1 aromatic rings. The largest absolute Gasteiger partial charge is 0.364 e. The van der Waals surface area contributed by atoms with E-state index in [-0.39, 0.29) is 5.69 Å². The van der Waals surface area contributed by atoms with Crippen LogP contribution in [0.15, 0.2) is 12.1 Å². The maximum Gasteiger partial charge on any atom is 0.327 e. The van der Waals surface area contributed by atoms with E-state index in [1.54, 1.807) is 13.8 Å². The topological polar surface area (TPSA) is 55.2 Å². The van der Waals surface area contributed by atoms with Gasteiger partial charge in [0, 0.05) is 12.1 Å². The first-order valence-electron chi connectivity index (χ1n) is 4.66. The molecule has 1 N–H and O–H groups in total. The summed E-state index contributed by atoms with van der Waals surface area (Å²) in [5, 5.41) is 13.2. The van der Waals surface area contributed by atoms with Crippen LogP contribution in [0.5, 0.6) is 0 Å². The van der Waals surface area contributed by atoms with Crippen LogP contribution in [0.1, 0.15) is 13.8 Å². The number of benzene rings is 1. The molecule has 0 saturated heterocycles. The fourth-order valence-corrected chi connectivity index (χ4v) is 1.22. The molecule has 0 aliphatic heterocycles. The fraction of sp³-hybridized carbons (Fsp3) is 0.273. The molecule has 17 heavy (non-hydrogen) atoms. The normalized spacial score (nSPS) is 10.8. The summed E-state index contributed by atoms with van der Waals surface area (Å²) in [4.78, 5) is 9.75. The van der Waals surface area contributed by atoms with Gasteiger partial charge < -0.3 is 5.32 Å². The average molecular weight is 240 g/mol. The Balaban J connectivity index is 3.32. The molecule has 0 heterocycles. The highest BCUT2D eigenvalue weighted by Gasteiger charge is 2.25. The van der Waals surface area contributed by atoms with Crippen LogP contribution in [0.4, 0.5) is 20.2 Å². The number of rotatable bonds is 3. The van der Waals surface area contributed by atoms with E-state index >= 15 is 0 Å². The molecular weight excluding hydrogens is 230 g/mol. The second-order valence-electron chi connectivity index (χ2n) is 3.94. The summed E-state index contributed by atoms with van der Waals surface area (Å²) >= 11 is 0. The summed E-state index contributed by atoms with van der Waals surface area (Å²) in [6.07, 6.45) is 5.19. The predicted molar refractivity (Wildman–Crippen MR) is 59.5 cm³/mol. The molecule has 4 nitrogen and oxygen atoms in total. The molecule has 0 amide bonds. The van der Waals surface area contributed by atoms with Crippen LogP contribution in [0, 0.1) is 34.1 Å². The van der Waals surface area contributed by atoms with Gasteiger partial charge in [0.1, 0.15) is 11.5 Å². The van der Waals surface area contributed by atoms with E-state index in [4.69, 9.17) is 6.42 Å². The number of halogens is 2. The minimum absolute atomic E-state index is 0.282. The van der Waals surface area contributed by atoms with Crippen molar-refractivity contribution in [2.45, 2.75) is 19.4 Å². The molecule has 90 valence electrons. The smallest absolute Gasteiger partial charge is 0.327 e. The highest BCUT2D eigenvalue weighted by molar-refractivity contribution is 5.64. The maximum atomic E-state index is 13.3. The molecule has 0 radical (unpaired) electrons. The molecule has 0 aliphatic carbocycles. The van der Waals surface area contributed by atoms with Crippen molar-refractivity contribution in [2.24, 2.45) is 0 Å². The average Bonchev–Trinajstić information content (AvgIpc) is 2.14. The van der Waals surface area contributed by atoms with E-state index in [2.05, 4.69) is 11.2 Å². The van der Waals surface area contributed by atoms with E-state index in [0.29, 0.717) is 6.07 Å². The van der Waals surface area contributed by atoms with E-state index in [9.17, 15) is 18.9 Å². The standard InChI is InChI=1S/C11H10F2N2O2/c1-4-11(2,3)14-9-6-7(12)5-8(13)10(9)15(16)17/h1,5-6,14H,2-3H3. The first-order chi connectivity index (χ1) is 7.76. The molecular formula is C11H10F2N2O2. The predicted octanol–water partition coefficient (Wildman–Crippen LogP) is 2.70. The van der Waals surface area contributed by atoms with Crippen molar-refractivity contribution in [3.63, 3.8) is 0 Å². The zero-order valence-electron chi connectivity index (χ0n) is 9.25. The van der Waals surface area contributed by atoms with Gasteiger partial charge in [0.05, 0.1) is 10.5 Å². The van der Waals surface area contributed by atoms with Gasteiger partial charge in [0.2, 0.25) is 5.82 Å². The fourth-order valence-electron chi connectivity index (χ4n) is 1.22. The minimum Gasteiger partial charge on any atom is -0.364 e. The van der Waals surface area contributed by atoms with Crippen molar-refractivity contribution < 1.29 is 13.7 Å². The summed E-state index contributed by atoms with van der Waals surface area (Å²) in [5.41, 5.74) is -2.06. The maximum absolute atomic E-state index is 13.3. The second-order valence-corrected chi connectivity index (χ2v) is 3.94. The van der Waals surface area contributed by atoms with Gasteiger partial charge in [-0.15, -0.1) is 6.42 Å². The zero-order chi connectivity index (χ0) is 13.2. The van der Waals surface area contributed by atoms with Gasteiger partial charge in [-0.3, -0.25) is 10.1 Å². The Bertz CT molecular complexity index is 507. The lowest BCUT2D eigenvalue weighted by molar-refractivity contribution is -0.386. The van der Waals surface area contributed by atoms with Crippen molar-refractivity contribution in [2.75, 3.05) is 5.32 Å². The Morgan fingerprint density at radius 3 is 2.53 bits per heavy atom. The summed E-state index contributed by atoms with van der Waals surface area (Å²) < 4.78 is 26.3. The number of anilines is 1. The van der Waals surface area contributed by atoms with Gasteiger partial charge in [-0.1, -0.05) is 5.92 Å². The minimum atomic E-state index is -1.25. The Kier molecular flexibility index (Phi) is 3.32. The first kappa shape index (κ1) is 12.9. The molecule has 0 fully saturated rings. The molecule has 0 unspecified atom stereocenters. The van der Waals surface area contributed by atoms with Crippen molar-refractivity contribution >= 4 is 11.4 Å². The summed E-state index contributed by atoms with van der Waals surface area (Å²) in [5.74, 6) is 0.158. The van der Waals surface area contributed by atoms with Gasteiger partial charge >= 0.3 is 5.69 Å². The number of nitrogens with one attached hydrogen (secondary N) is 1. The summed E-state index contributed by atoms with van der Waals surface area (Å²) in [6, 6.07) is 1.28. The van der Waals surface area contributed by atoms with Crippen molar-refractivity contribution in [3.05, 3.63) is 33.9 Å². The van der Waals surface area contributed by atoms with E-state index in [1.165, 1.54) is 0 Å². The van der Waals surface area contributed by atoms with Gasteiger partial charge in [0.25, 0.3) is 0 Å². The van der Waals surface area contributed by atoms with Gasteiger partial charge in [-0.25, -0.2) is 4.39 Å². The number of hydrogen-bond acceptors (Lipinski definition) is 3. The third kappa shape index (κ3) is 2.91. The molecule has 0 aromatic heterocycles. The number of nitro benzene ring substituents is 1. The number of nitrogens with zero attached hydrogens (tertiary/aromatic N) is 1. The lowest BCUT2D eigenvalue weighted by Gasteiger charge is -2.20. The quantitative estimate of drug-likeness (QED) is 0.502. The molecule has 0 saturated carbocycles. The molecule has 1 aromatic carbocycles. The molecule has 0 atom stereocenters. The molecule has 6 heteroatoms. The number of terminal acetylenes is 1. The summed E-state index contributed by atoms with van der Waals surface area (Å²) in [7, 11) is 0. The van der Waals surface area contributed by atoms with Crippen LogP contribution in [0.25, 0.3) is 0 Å². The Morgan fingerprint density at radius 1 is 1.47 bits per heavy atom. The van der Waals surface area contributed by atoms with Gasteiger partial charge in [-0.05, 0) is 13.8 Å². The lowest BCUT2D eigenvalue weighted by Crippen LogP contribution is -2.29. The monoisotopic (exact) mass is 240 g/mol. The summed E-state index contributed by atoms with van der Waals surface area (Å²) in [6.45, 7) is 3.11.